The maximum atomic E-state index is 6.03. The summed E-state index contributed by atoms with van der Waals surface area (Å²) >= 11 is 0. The zero-order valence-electron chi connectivity index (χ0n) is 12.8. The van der Waals surface area contributed by atoms with Crippen LogP contribution in [0.5, 0.6) is 0 Å². The van der Waals surface area contributed by atoms with Crippen LogP contribution in [0.3, 0.4) is 0 Å². The monoisotopic (exact) mass is 257 g/mol. The maximum absolute atomic E-state index is 6.03. The SMILES string of the molecule is CCNC1CCC(C)CC1OCCOC(C)(C)C. The molecule has 1 saturated carbocycles. The second-order valence-corrected chi connectivity index (χ2v) is 6.45. The molecule has 0 spiro atoms. The highest BCUT2D eigenvalue weighted by molar-refractivity contribution is 4.84. The number of ether oxygens (including phenoxy) is 2. The molecule has 1 aliphatic rings. The van der Waals surface area contributed by atoms with E-state index in [4.69, 9.17) is 9.47 Å². The van der Waals surface area contributed by atoms with Gasteiger partial charge in [0.1, 0.15) is 0 Å². The predicted octanol–water partition coefficient (Wildman–Crippen LogP) is 2.98. The summed E-state index contributed by atoms with van der Waals surface area (Å²) < 4.78 is 11.7. The molecule has 3 unspecified atom stereocenters. The van der Waals surface area contributed by atoms with Gasteiger partial charge < -0.3 is 14.8 Å². The first-order chi connectivity index (χ1) is 8.42. The third-order valence-electron chi connectivity index (χ3n) is 3.47. The lowest BCUT2D eigenvalue weighted by Gasteiger charge is -2.35. The molecule has 0 aliphatic heterocycles. The molecule has 0 bridgehead atoms. The minimum atomic E-state index is -0.0652. The molecule has 18 heavy (non-hydrogen) atoms. The molecule has 1 rings (SSSR count). The van der Waals surface area contributed by atoms with E-state index in [2.05, 4.69) is 39.9 Å². The van der Waals surface area contributed by atoms with Crippen LogP contribution in [0, 0.1) is 5.92 Å². The van der Waals surface area contributed by atoms with Crippen LogP contribution in [0.1, 0.15) is 53.9 Å². The molecule has 0 radical (unpaired) electrons. The fourth-order valence-corrected chi connectivity index (χ4v) is 2.56. The molecule has 1 N–H and O–H groups in total. The van der Waals surface area contributed by atoms with Gasteiger partial charge in [0.2, 0.25) is 0 Å². The standard InChI is InChI=1S/C15H31NO2/c1-6-16-13-8-7-12(2)11-14(13)17-9-10-18-15(3,4)5/h12-14,16H,6-11H2,1-5H3. The highest BCUT2D eigenvalue weighted by atomic mass is 16.5. The quantitative estimate of drug-likeness (QED) is 0.742. The third kappa shape index (κ3) is 6.17. The van der Waals surface area contributed by atoms with Crippen molar-refractivity contribution >= 4 is 0 Å². The summed E-state index contributed by atoms with van der Waals surface area (Å²) in [7, 11) is 0. The Labute approximate surface area is 113 Å². The molecular weight excluding hydrogens is 226 g/mol. The van der Waals surface area contributed by atoms with Crippen LogP contribution in [0.15, 0.2) is 0 Å². The Kier molecular flexibility index (Phi) is 6.61. The van der Waals surface area contributed by atoms with Crippen molar-refractivity contribution in [3.63, 3.8) is 0 Å². The molecule has 0 heterocycles. The Morgan fingerprint density at radius 3 is 2.50 bits per heavy atom. The average Bonchev–Trinajstić information content (AvgIpc) is 2.27. The highest BCUT2D eigenvalue weighted by Crippen LogP contribution is 2.26. The molecule has 3 nitrogen and oxygen atoms in total. The van der Waals surface area contributed by atoms with Gasteiger partial charge in [0.15, 0.2) is 0 Å². The summed E-state index contributed by atoms with van der Waals surface area (Å²) in [4.78, 5) is 0. The molecule has 0 aromatic heterocycles. The van der Waals surface area contributed by atoms with Crippen molar-refractivity contribution in [3.05, 3.63) is 0 Å². The molecule has 1 aliphatic carbocycles. The van der Waals surface area contributed by atoms with Crippen LogP contribution < -0.4 is 5.32 Å². The Hall–Kier alpha value is -0.120. The van der Waals surface area contributed by atoms with E-state index in [1.807, 2.05) is 0 Å². The number of likely N-dealkylation sites (N-methyl/N-ethyl adjacent to an activating group) is 1. The number of hydrogen-bond donors (Lipinski definition) is 1. The smallest absolute Gasteiger partial charge is 0.0731 e. The van der Waals surface area contributed by atoms with E-state index in [1.165, 1.54) is 19.3 Å². The van der Waals surface area contributed by atoms with Crippen molar-refractivity contribution < 1.29 is 9.47 Å². The van der Waals surface area contributed by atoms with E-state index >= 15 is 0 Å². The van der Waals surface area contributed by atoms with Crippen LogP contribution in [-0.4, -0.2) is 37.5 Å². The Morgan fingerprint density at radius 2 is 1.89 bits per heavy atom. The first kappa shape index (κ1) is 15.9. The van der Waals surface area contributed by atoms with Crippen molar-refractivity contribution in [3.8, 4) is 0 Å². The lowest BCUT2D eigenvalue weighted by atomic mass is 9.85. The van der Waals surface area contributed by atoms with E-state index in [9.17, 15) is 0 Å². The molecule has 0 aromatic carbocycles. The van der Waals surface area contributed by atoms with Crippen molar-refractivity contribution in [2.24, 2.45) is 5.92 Å². The number of hydrogen-bond acceptors (Lipinski definition) is 3. The Morgan fingerprint density at radius 1 is 1.17 bits per heavy atom. The molecule has 3 heteroatoms. The highest BCUT2D eigenvalue weighted by Gasteiger charge is 2.28. The van der Waals surface area contributed by atoms with Gasteiger partial charge in [0, 0.05) is 6.04 Å². The van der Waals surface area contributed by atoms with Gasteiger partial charge in [0.25, 0.3) is 0 Å². The zero-order chi connectivity index (χ0) is 13.6. The molecule has 0 aromatic rings. The van der Waals surface area contributed by atoms with E-state index < -0.39 is 0 Å². The summed E-state index contributed by atoms with van der Waals surface area (Å²) in [5, 5.41) is 3.55. The Balaban J connectivity index is 2.28. The average molecular weight is 257 g/mol. The van der Waals surface area contributed by atoms with E-state index in [0.29, 0.717) is 25.4 Å². The van der Waals surface area contributed by atoms with Crippen molar-refractivity contribution in [2.45, 2.75) is 71.6 Å². The van der Waals surface area contributed by atoms with E-state index in [0.717, 1.165) is 12.5 Å². The van der Waals surface area contributed by atoms with Crippen LogP contribution in [0.25, 0.3) is 0 Å². The fourth-order valence-electron chi connectivity index (χ4n) is 2.56. The normalized spacial score (nSPS) is 29.5. The second-order valence-electron chi connectivity index (χ2n) is 6.45. The minimum absolute atomic E-state index is 0.0652. The summed E-state index contributed by atoms with van der Waals surface area (Å²) in [6.45, 7) is 13.1. The van der Waals surface area contributed by atoms with Crippen molar-refractivity contribution in [1.82, 2.24) is 5.32 Å². The van der Waals surface area contributed by atoms with Crippen molar-refractivity contribution in [1.29, 1.82) is 0 Å². The number of nitrogens with one attached hydrogen (secondary N) is 1. The van der Waals surface area contributed by atoms with Gasteiger partial charge >= 0.3 is 0 Å². The van der Waals surface area contributed by atoms with Crippen LogP contribution >= 0.6 is 0 Å². The summed E-state index contributed by atoms with van der Waals surface area (Å²) in [5.74, 6) is 0.786. The van der Waals surface area contributed by atoms with Gasteiger partial charge in [-0.1, -0.05) is 13.8 Å². The lowest BCUT2D eigenvalue weighted by Crippen LogP contribution is -2.45. The summed E-state index contributed by atoms with van der Waals surface area (Å²) in [6, 6.07) is 0.529. The molecular formula is C15H31NO2. The summed E-state index contributed by atoms with van der Waals surface area (Å²) in [5.41, 5.74) is -0.0652. The largest absolute Gasteiger partial charge is 0.374 e. The van der Waals surface area contributed by atoms with E-state index in [-0.39, 0.29) is 5.60 Å². The minimum Gasteiger partial charge on any atom is -0.374 e. The number of rotatable bonds is 6. The molecule has 108 valence electrons. The first-order valence-electron chi connectivity index (χ1n) is 7.41. The molecule has 0 saturated heterocycles. The maximum Gasteiger partial charge on any atom is 0.0731 e. The van der Waals surface area contributed by atoms with Gasteiger partial charge in [-0.25, -0.2) is 0 Å². The summed E-state index contributed by atoms with van der Waals surface area (Å²) in [6.07, 6.45) is 4.08. The van der Waals surface area contributed by atoms with Crippen molar-refractivity contribution in [2.75, 3.05) is 19.8 Å². The van der Waals surface area contributed by atoms with Gasteiger partial charge in [-0.3, -0.25) is 0 Å². The second kappa shape index (κ2) is 7.46. The fraction of sp³-hybridized carbons (Fsp3) is 1.00. The van der Waals surface area contributed by atoms with Crippen LogP contribution in [0.4, 0.5) is 0 Å². The predicted molar refractivity (Wildman–Crippen MR) is 75.9 cm³/mol. The van der Waals surface area contributed by atoms with Gasteiger partial charge in [-0.15, -0.1) is 0 Å². The van der Waals surface area contributed by atoms with Gasteiger partial charge in [0.05, 0.1) is 24.9 Å². The lowest BCUT2D eigenvalue weighted by molar-refractivity contribution is -0.0688. The zero-order valence-corrected chi connectivity index (χ0v) is 12.8. The molecule has 1 fully saturated rings. The topological polar surface area (TPSA) is 30.5 Å². The van der Waals surface area contributed by atoms with Crippen LogP contribution in [-0.2, 0) is 9.47 Å². The third-order valence-corrected chi connectivity index (χ3v) is 3.47. The molecule has 3 atom stereocenters. The molecule has 0 amide bonds. The first-order valence-corrected chi connectivity index (χ1v) is 7.41. The Bertz CT molecular complexity index is 225. The van der Waals surface area contributed by atoms with Crippen LogP contribution in [0.2, 0.25) is 0 Å². The van der Waals surface area contributed by atoms with E-state index in [1.54, 1.807) is 0 Å². The van der Waals surface area contributed by atoms with Gasteiger partial charge in [-0.05, 0) is 52.5 Å². The van der Waals surface area contributed by atoms with Gasteiger partial charge in [-0.2, -0.15) is 0 Å².